The Morgan fingerprint density at radius 3 is 2.27 bits per heavy atom. The van der Waals surface area contributed by atoms with E-state index >= 15 is 0 Å². The molecule has 1 aliphatic carbocycles. The number of fused-ring (bicyclic) bond motifs is 1. The zero-order valence-electron chi connectivity index (χ0n) is 23.0. The molecule has 2 fully saturated rings. The highest BCUT2D eigenvalue weighted by Crippen LogP contribution is 2.43. The number of carbonyl (C=O) groups excluding carboxylic acids is 4. The molecule has 0 bridgehead atoms. The molecule has 1 aliphatic heterocycles. The van der Waals surface area contributed by atoms with Crippen molar-refractivity contribution in [1.29, 1.82) is 0 Å². The molecule has 5 atom stereocenters. The number of amides is 3. The summed E-state index contributed by atoms with van der Waals surface area (Å²) >= 11 is 0. The molecular formula is C27H41N5O5. The van der Waals surface area contributed by atoms with Crippen LogP contribution in [-0.2, 0) is 19.1 Å². The molecule has 2 N–H and O–H groups in total. The van der Waals surface area contributed by atoms with Crippen LogP contribution < -0.4 is 10.6 Å². The van der Waals surface area contributed by atoms with Gasteiger partial charge in [0.25, 0.3) is 5.91 Å². The number of carbonyl (C=O) groups is 4. The SMILES string of the molecule is CCOC(=O)[C@@H]1[C@H]2CCC[C@H]2CN1C(=O)[C@@H](NC(=O)[C@@H](NC(=O)c1cnccn1)C(C)(C)C)C(C)(C)C. The van der Waals surface area contributed by atoms with Crippen molar-refractivity contribution in [2.24, 2.45) is 22.7 Å². The first-order chi connectivity index (χ1) is 17.3. The molecule has 204 valence electrons. The van der Waals surface area contributed by atoms with Crippen molar-refractivity contribution in [3.05, 3.63) is 24.3 Å². The lowest BCUT2D eigenvalue weighted by molar-refractivity contribution is -0.156. The minimum Gasteiger partial charge on any atom is -0.464 e. The number of rotatable bonds is 7. The Bertz CT molecular complexity index is 1000. The topological polar surface area (TPSA) is 131 Å². The highest BCUT2D eigenvalue weighted by atomic mass is 16.5. The Kier molecular flexibility index (Phi) is 8.59. The number of nitrogens with one attached hydrogen (secondary N) is 2. The number of nitrogens with zero attached hydrogens (tertiary/aromatic N) is 3. The van der Waals surface area contributed by atoms with Gasteiger partial charge in [-0.05, 0) is 42.4 Å². The molecule has 10 heteroatoms. The van der Waals surface area contributed by atoms with E-state index in [0.717, 1.165) is 19.3 Å². The van der Waals surface area contributed by atoms with Crippen molar-refractivity contribution in [1.82, 2.24) is 25.5 Å². The van der Waals surface area contributed by atoms with Crippen LogP contribution in [0.4, 0.5) is 0 Å². The lowest BCUT2D eigenvalue weighted by Gasteiger charge is -2.38. The second kappa shape index (κ2) is 11.1. The third kappa shape index (κ3) is 6.45. The van der Waals surface area contributed by atoms with Gasteiger partial charge in [0.05, 0.1) is 12.8 Å². The van der Waals surface area contributed by atoms with Gasteiger partial charge in [-0.25, -0.2) is 9.78 Å². The standard InChI is InChI=1S/C27H41N5O5/c1-8-37-25(36)19-17-11-9-10-16(17)15-32(19)24(35)21(27(5,6)7)31-23(34)20(26(2,3)4)30-22(33)18-14-28-12-13-29-18/h12-14,16-17,19-21H,8-11,15H2,1-7H3,(H,30,33)(H,31,34)/t16-,17-,19-,20+,21+/m0/s1. The first-order valence-corrected chi connectivity index (χ1v) is 13.1. The van der Waals surface area contributed by atoms with Crippen molar-refractivity contribution in [3.8, 4) is 0 Å². The summed E-state index contributed by atoms with van der Waals surface area (Å²) in [6, 6.07) is -2.50. The van der Waals surface area contributed by atoms with Crippen LogP contribution in [-0.4, -0.2) is 69.8 Å². The van der Waals surface area contributed by atoms with Crippen molar-refractivity contribution in [3.63, 3.8) is 0 Å². The maximum Gasteiger partial charge on any atom is 0.329 e. The number of hydrogen-bond donors (Lipinski definition) is 2. The molecule has 0 radical (unpaired) electrons. The van der Waals surface area contributed by atoms with Gasteiger partial charge in [-0.1, -0.05) is 48.0 Å². The Morgan fingerprint density at radius 1 is 1.03 bits per heavy atom. The Morgan fingerprint density at radius 2 is 1.70 bits per heavy atom. The quantitative estimate of drug-likeness (QED) is 0.533. The van der Waals surface area contributed by atoms with E-state index in [2.05, 4.69) is 20.6 Å². The van der Waals surface area contributed by atoms with Crippen LogP contribution >= 0.6 is 0 Å². The number of ether oxygens (including phenoxy) is 1. The summed E-state index contributed by atoms with van der Waals surface area (Å²) in [5.41, 5.74) is -1.22. The minimum absolute atomic E-state index is 0.0768. The number of hydrogen-bond acceptors (Lipinski definition) is 7. The minimum atomic E-state index is -0.946. The Hall–Kier alpha value is -3.04. The van der Waals surface area contributed by atoms with Gasteiger partial charge in [0.1, 0.15) is 23.8 Å². The summed E-state index contributed by atoms with van der Waals surface area (Å²) < 4.78 is 5.35. The summed E-state index contributed by atoms with van der Waals surface area (Å²) in [6.07, 6.45) is 7.07. The fourth-order valence-corrected chi connectivity index (χ4v) is 5.40. The van der Waals surface area contributed by atoms with Gasteiger partial charge < -0.3 is 20.3 Å². The van der Waals surface area contributed by atoms with Crippen LogP contribution in [0.15, 0.2) is 18.6 Å². The average Bonchev–Trinajstić information content (AvgIpc) is 3.41. The molecular weight excluding hydrogens is 474 g/mol. The van der Waals surface area contributed by atoms with Crippen molar-refractivity contribution < 1.29 is 23.9 Å². The van der Waals surface area contributed by atoms with E-state index in [1.807, 2.05) is 41.5 Å². The number of aromatic nitrogens is 2. The van der Waals surface area contributed by atoms with E-state index in [9.17, 15) is 19.2 Å². The van der Waals surface area contributed by atoms with E-state index in [1.165, 1.54) is 18.6 Å². The van der Waals surface area contributed by atoms with Gasteiger partial charge in [0, 0.05) is 18.9 Å². The summed E-state index contributed by atoms with van der Waals surface area (Å²) in [4.78, 5) is 62.9. The van der Waals surface area contributed by atoms with Crippen LogP contribution in [0.25, 0.3) is 0 Å². The van der Waals surface area contributed by atoms with Gasteiger partial charge in [-0.15, -0.1) is 0 Å². The fourth-order valence-electron chi connectivity index (χ4n) is 5.40. The highest BCUT2D eigenvalue weighted by molar-refractivity contribution is 5.98. The largest absolute Gasteiger partial charge is 0.464 e. The van der Waals surface area contributed by atoms with Crippen LogP contribution in [0.2, 0.25) is 0 Å². The van der Waals surface area contributed by atoms with Gasteiger partial charge >= 0.3 is 5.97 Å². The van der Waals surface area contributed by atoms with E-state index in [-0.39, 0.29) is 36.0 Å². The Balaban J connectivity index is 1.85. The van der Waals surface area contributed by atoms with E-state index < -0.39 is 40.8 Å². The first kappa shape index (κ1) is 28.5. The van der Waals surface area contributed by atoms with Crippen LogP contribution in [0, 0.1) is 22.7 Å². The van der Waals surface area contributed by atoms with E-state index in [4.69, 9.17) is 4.74 Å². The van der Waals surface area contributed by atoms with E-state index in [1.54, 1.807) is 11.8 Å². The Labute approximate surface area is 219 Å². The molecule has 0 spiro atoms. The van der Waals surface area contributed by atoms with Gasteiger partial charge in [-0.2, -0.15) is 0 Å². The lowest BCUT2D eigenvalue weighted by atomic mass is 9.83. The molecule has 10 nitrogen and oxygen atoms in total. The van der Waals surface area contributed by atoms with Gasteiger partial charge in [0.15, 0.2) is 0 Å². The second-order valence-corrected chi connectivity index (χ2v) is 12.2. The van der Waals surface area contributed by atoms with Crippen LogP contribution in [0.3, 0.4) is 0 Å². The third-order valence-corrected chi connectivity index (χ3v) is 7.30. The summed E-state index contributed by atoms with van der Waals surface area (Å²) in [6.45, 7) is 13.6. The molecule has 0 aromatic carbocycles. The molecule has 1 saturated heterocycles. The molecule has 1 aromatic heterocycles. The van der Waals surface area contributed by atoms with Crippen LogP contribution in [0.1, 0.15) is 78.2 Å². The normalized spacial score (nSPS) is 23.1. The second-order valence-electron chi connectivity index (χ2n) is 12.2. The van der Waals surface area contributed by atoms with Crippen molar-refractivity contribution >= 4 is 23.7 Å². The summed E-state index contributed by atoms with van der Waals surface area (Å²) in [5, 5.41) is 5.68. The van der Waals surface area contributed by atoms with Crippen molar-refractivity contribution in [2.45, 2.75) is 85.9 Å². The summed E-state index contributed by atoms with van der Waals surface area (Å²) in [7, 11) is 0. The maximum atomic E-state index is 14.0. The zero-order valence-corrected chi connectivity index (χ0v) is 23.0. The van der Waals surface area contributed by atoms with Gasteiger partial charge in [0.2, 0.25) is 11.8 Å². The molecule has 0 unspecified atom stereocenters. The van der Waals surface area contributed by atoms with Gasteiger partial charge in [-0.3, -0.25) is 19.4 Å². The number of esters is 1. The monoisotopic (exact) mass is 515 g/mol. The van der Waals surface area contributed by atoms with Crippen LogP contribution in [0.5, 0.6) is 0 Å². The summed E-state index contributed by atoms with van der Waals surface area (Å²) in [5.74, 6) is -1.37. The third-order valence-electron chi connectivity index (χ3n) is 7.30. The molecule has 1 saturated carbocycles. The predicted octanol–water partition coefficient (Wildman–Crippen LogP) is 2.34. The lowest BCUT2D eigenvalue weighted by Crippen LogP contribution is -2.62. The van der Waals surface area contributed by atoms with Crippen molar-refractivity contribution in [2.75, 3.05) is 13.2 Å². The predicted molar refractivity (Wildman–Crippen MR) is 137 cm³/mol. The number of likely N-dealkylation sites (tertiary alicyclic amines) is 1. The molecule has 3 rings (SSSR count). The fraction of sp³-hybridized carbons (Fsp3) is 0.704. The maximum absolute atomic E-state index is 14.0. The molecule has 37 heavy (non-hydrogen) atoms. The zero-order chi connectivity index (χ0) is 27.5. The molecule has 2 heterocycles. The highest BCUT2D eigenvalue weighted by Gasteiger charge is 2.52. The molecule has 3 amide bonds. The average molecular weight is 516 g/mol. The first-order valence-electron chi connectivity index (χ1n) is 13.1. The smallest absolute Gasteiger partial charge is 0.329 e. The molecule has 2 aliphatic rings. The van der Waals surface area contributed by atoms with E-state index in [0.29, 0.717) is 6.54 Å². The molecule has 1 aromatic rings.